The summed E-state index contributed by atoms with van der Waals surface area (Å²) in [6.45, 7) is 2.74. The van der Waals surface area contributed by atoms with Gasteiger partial charge in [0.2, 0.25) is 5.91 Å². The lowest BCUT2D eigenvalue weighted by molar-refractivity contribution is -0.141. The fourth-order valence-electron chi connectivity index (χ4n) is 4.85. The van der Waals surface area contributed by atoms with Gasteiger partial charge in [-0.1, -0.05) is 32.1 Å². The molecule has 20 heavy (non-hydrogen) atoms. The van der Waals surface area contributed by atoms with Gasteiger partial charge in [0.25, 0.3) is 0 Å². The Morgan fingerprint density at radius 1 is 0.950 bits per heavy atom. The van der Waals surface area contributed by atoms with Crippen molar-refractivity contribution in [2.75, 3.05) is 19.6 Å². The van der Waals surface area contributed by atoms with Gasteiger partial charge in [-0.2, -0.15) is 0 Å². The Labute approximate surface area is 123 Å². The number of rotatable bonds is 2. The highest BCUT2D eigenvalue weighted by Gasteiger charge is 2.37. The van der Waals surface area contributed by atoms with Crippen LogP contribution in [0.15, 0.2) is 0 Å². The number of carbonyl (C=O) groups is 1. The van der Waals surface area contributed by atoms with E-state index in [-0.39, 0.29) is 5.92 Å². The normalized spacial score (nSPS) is 38.4. The Balaban J connectivity index is 1.61. The van der Waals surface area contributed by atoms with Crippen LogP contribution in [-0.2, 0) is 4.79 Å². The van der Waals surface area contributed by atoms with E-state index in [1.54, 1.807) is 0 Å². The molecule has 0 bridgehead atoms. The molecule has 2 N–H and O–H groups in total. The molecule has 3 heteroatoms. The molecule has 1 aliphatic heterocycles. The van der Waals surface area contributed by atoms with Crippen LogP contribution in [-0.4, -0.2) is 30.4 Å². The van der Waals surface area contributed by atoms with E-state index in [9.17, 15) is 4.79 Å². The number of piperidine rings is 1. The molecule has 2 aliphatic carbocycles. The van der Waals surface area contributed by atoms with Crippen LogP contribution >= 0.6 is 0 Å². The Morgan fingerprint density at radius 3 is 2.45 bits per heavy atom. The first-order valence-electron chi connectivity index (χ1n) is 8.78. The summed E-state index contributed by atoms with van der Waals surface area (Å²) in [5.41, 5.74) is 5.90. The highest BCUT2D eigenvalue weighted by molar-refractivity contribution is 5.79. The van der Waals surface area contributed by atoms with Crippen molar-refractivity contribution >= 4 is 5.91 Å². The van der Waals surface area contributed by atoms with Gasteiger partial charge in [0.05, 0.1) is 0 Å². The van der Waals surface area contributed by atoms with Crippen LogP contribution in [0.25, 0.3) is 0 Å². The molecule has 3 nitrogen and oxygen atoms in total. The molecule has 0 radical (unpaired) electrons. The number of amides is 1. The third-order valence-corrected chi connectivity index (χ3v) is 6.13. The summed E-state index contributed by atoms with van der Waals surface area (Å²) in [5.74, 6) is 2.81. The molecular formula is C17H30N2O. The average Bonchev–Trinajstić information content (AvgIpc) is 2.53. The van der Waals surface area contributed by atoms with Crippen molar-refractivity contribution in [1.29, 1.82) is 0 Å². The van der Waals surface area contributed by atoms with Crippen molar-refractivity contribution < 1.29 is 4.79 Å². The molecule has 3 rings (SSSR count). The summed E-state index contributed by atoms with van der Waals surface area (Å²) in [5, 5.41) is 0. The molecule has 0 aromatic carbocycles. The minimum Gasteiger partial charge on any atom is -0.342 e. The molecule has 4 atom stereocenters. The van der Waals surface area contributed by atoms with E-state index in [1.807, 2.05) is 0 Å². The second-order valence-electron chi connectivity index (χ2n) is 7.26. The van der Waals surface area contributed by atoms with E-state index in [2.05, 4.69) is 4.90 Å². The van der Waals surface area contributed by atoms with Gasteiger partial charge in [-0.3, -0.25) is 4.79 Å². The van der Waals surface area contributed by atoms with E-state index in [1.165, 1.54) is 44.9 Å². The van der Waals surface area contributed by atoms with Gasteiger partial charge in [-0.15, -0.1) is 0 Å². The quantitative estimate of drug-likeness (QED) is 0.844. The van der Waals surface area contributed by atoms with Gasteiger partial charge in [0.15, 0.2) is 0 Å². The Bertz CT molecular complexity index is 344. The first kappa shape index (κ1) is 14.4. The van der Waals surface area contributed by atoms with Gasteiger partial charge in [0, 0.05) is 19.0 Å². The number of fused-ring (bicyclic) bond motifs is 1. The Hall–Kier alpha value is -0.570. The standard InChI is InChI=1S/C17H30N2O/c18-11-14-6-3-4-8-16(14)17(20)19-10-9-13-5-1-2-7-15(13)12-19/h13-16H,1-12,18H2. The van der Waals surface area contributed by atoms with Gasteiger partial charge in [0.1, 0.15) is 0 Å². The van der Waals surface area contributed by atoms with Crippen molar-refractivity contribution in [2.45, 2.75) is 57.8 Å². The minimum absolute atomic E-state index is 0.230. The van der Waals surface area contributed by atoms with Gasteiger partial charge >= 0.3 is 0 Å². The zero-order chi connectivity index (χ0) is 13.9. The lowest BCUT2D eigenvalue weighted by atomic mass is 9.74. The molecular weight excluding hydrogens is 248 g/mol. The van der Waals surface area contributed by atoms with Crippen molar-refractivity contribution in [3.05, 3.63) is 0 Å². The molecule has 1 saturated heterocycles. The van der Waals surface area contributed by atoms with Crippen LogP contribution in [0.4, 0.5) is 0 Å². The predicted octanol–water partition coefficient (Wildman–Crippen LogP) is 2.79. The summed E-state index contributed by atoms with van der Waals surface area (Å²) in [4.78, 5) is 15.1. The van der Waals surface area contributed by atoms with Crippen LogP contribution in [0.1, 0.15) is 57.8 Å². The second kappa shape index (κ2) is 6.46. The van der Waals surface area contributed by atoms with Crippen LogP contribution in [0, 0.1) is 23.7 Å². The molecule has 2 saturated carbocycles. The molecule has 0 spiro atoms. The highest BCUT2D eigenvalue weighted by atomic mass is 16.2. The zero-order valence-electron chi connectivity index (χ0n) is 12.7. The molecule has 0 aromatic rings. The van der Waals surface area contributed by atoms with E-state index in [4.69, 9.17) is 5.73 Å². The van der Waals surface area contributed by atoms with Crippen LogP contribution in [0.3, 0.4) is 0 Å². The summed E-state index contributed by atoms with van der Waals surface area (Å²) in [6, 6.07) is 0. The lowest BCUT2D eigenvalue weighted by Gasteiger charge is -2.43. The monoisotopic (exact) mass is 278 g/mol. The Morgan fingerprint density at radius 2 is 1.65 bits per heavy atom. The lowest BCUT2D eigenvalue weighted by Crippen LogP contribution is -2.49. The van der Waals surface area contributed by atoms with Crippen molar-refractivity contribution in [3.8, 4) is 0 Å². The second-order valence-corrected chi connectivity index (χ2v) is 7.26. The number of likely N-dealkylation sites (tertiary alicyclic amines) is 1. The highest BCUT2D eigenvalue weighted by Crippen LogP contribution is 2.38. The van der Waals surface area contributed by atoms with E-state index in [0.717, 1.165) is 37.8 Å². The third kappa shape index (κ3) is 2.88. The first-order valence-corrected chi connectivity index (χ1v) is 8.78. The topological polar surface area (TPSA) is 46.3 Å². The summed E-state index contributed by atoms with van der Waals surface area (Å²) in [7, 11) is 0. The molecule has 0 aromatic heterocycles. The maximum Gasteiger partial charge on any atom is 0.226 e. The smallest absolute Gasteiger partial charge is 0.226 e. The molecule has 114 valence electrons. The van der Waals surface area contributed by atoms with Gasteiger partial charge in [-0.25, -0.2) is 0 Å². The van der Waals surface area contributed by atoms with Crippen molar-refractivity contribution in [3.63, 3.8) is 0 Å². The summed E-state index contributed by atoms with van der Waals surface area (Å²) in [6.07, 6.45) is 11.5. The summed E-state index contributed by atoms with van der Waals surface area (Å²) < 4.78 is 0. The number of hydrogen-bond acceptors (Lipinski definition) is 2. The average molecular weight is 278 g/mol. The minimum atomic E-state index is 0.230. The number of hydrogen-bond donors (Lipinski definition) is 1. The summed E-state index contributed by atoms with van der Waals surface area (Å²) >= 11 is 0. The molecule has 4 unspecified atom stereocenters. The molecule has 3 aliphatic rings. The van der Waals surface area contributed by atoms with Gasteiger partial charge < -0.3 is 10.6 Å². The zero-order valence-corrected chi connectivity index (χ0v) is 12.7. The van der Waals surface area contributed by atoms with E-state index in [0.29, 0.717) is 18.4 Å². The predicted molar refractivity (Wildman–Crippen MR) is 81.1 cm³/mol. The van der Waals surface area contributed by atoms with Crippen LogP contribution in [0.5, 0.6) is 0 Å². The number of nitrogens with zero attached hydrogens (tertiary/aromatic N) is 1. The van der Waals surface area contributed by atoms with Crippen LogP contribution in [0.2, 0.25) is 0 Å². The molecule has 3 fully saturated rings. The largest absolute Gasteiger partial charge is 0.342 e. The fourth-order valence-corrected chi connectivity index (χ4v) is 4.85. The number of nitrogens with two attached hydrogens (primary N) is 1. The first-order chi connectivity index (χ1) is 9.79. The Kier molecular flexibility index (Phi) is 4.65. The molecule has 1 heterocycles. The maximum atomic E-state index is 12.9. The maximum absolute atomic E-state index is 12.9. The number of carbonyl (C=O) groups excluding carboxylic acids is 1. The fraction of sp³-hybridized carbons (Fsp3) is 0.941. The van der Waals surface area contributed by atoms with Gasteiger partial charge in [-0.05, 0) is 50.0 Å². The van der Waals surface area contributed by atoms with E-state index < -0.39 is 0 Å². The van der Waals surface area contributed by atoms with Crippen molar-refractivity contribution in [1.82, 2.24) is 4.90 Å². The SMILES string of the molecule is NCC1CCCCC1C(=O)N1CCC2CCCCC2C1. The molecule has 1 amide bonds. The van der Waals surface area contributed by atoms with Crippen molar-refractivity contribution in [2.24, 2.45) is 29.4 Å². The third-order valence-electron chi connectivity index (χ3n) is 6.13. The van der Waals surface area contributed by atoms with E-state index >= 15 is 0 Å². The van der Waals surface area contributed by atoms with Crippen LogP contribution < -0.4 is 5.73 Å².